The molecule has 2 aromatic rings. The molecule has 0 aromatic heterocycles. The van der Waals surface area contributed by atoms with E-state index < -0.39 is 16.1 Å². The molecule has 1 unspecified atom stereocenters. The zero-order valence-corrected chi connectivity index (χ0v) is 16.0. The van der Waals surface area contributed by atoms with Crippen LogP contribution < -0.4 is 4.72 Å². The third kappa shape index (κ3) is 3.70. The highest BCUT2D eigenvalue weighted by Gasteiger charge is 2.34. The predicted octanol–water partition coefficient (Wildman–Crippen LogP) is 4.21. The van der Waals surface area contributed by atoms with Crippen molar-refractivity contribution in [3.63, 3.8) is 0 Å². The number of halogens is 2. The first-order valence-corrected chi connectivity index (χ1v) is 9.92. The van der Waals surface area contributed by atoms with Gasteiger partial charge < -0.3 is 0 Å². The average molecular weight is 412 g/mol. The Labute approximate surface area is 161 Å². The standard InChI is InChI=1S/C17H15Cl2N3O3S/c1-11-10-15(12-6-3-2-4-7-12)22(20-11)17(23)21-26(24,25)16-13(18)8-5-9-14(16)19/h2-9,15H,10H2,1H3,(H,21,23). The molecule has 6 nitrogen and oxygen atoms in total. The van der Waals surface area contributed by atoms with Gasteiger partial charge in [-0.05, 0) is 24.6 Å². The highest BCUT2D eigenvalue weighted by molar-refractivity contribution is 7.90. The van der Waals surface area contributed by atoms with Crippen molar-refractivity contribution in [2.24, 2.45) is 5.10 Å². The van der Waals surface area contributed by atoms with Crippen LogP contribution >= 0.6 is 23.2 Å². The molecule has 136 valence electrons. The molecule has 2 amide bonds. The average Bonchev–Trinajstić information content (AvgIpc) is 2.97. The Morgan fingerprint density at radius 1 is 1.12 bits per heavy atom. The van der Waals surface area contributed by atoms with Gasteiger partial charge in [-0.1, -0.05) is 59.6 Å². The van der Waals surface area contributed by atoms with E-state index in [-0.39, 0.29) is 21.0 Å². The fourth-order valence-corrected chi connectivity index (χ4v) is 4.82. The molecule has 0 aliphatic carbocycles. The molecule has 0 radical (unpaired) electrons. The minimum absolute atomic E-state index is 0.0708. The molecule has 0 saturated carbocycles. The highest BCUT2D eigenvalue weighted by Crippen LogP contribution is 2.32. The van der Waals surface area contributed by atoms with Crippen molar-refractivity contribution in [2.75, 3.05) is 0 Å². The van der Waals surface area contributed by atoms with Crippen LogP contribution in [0.2, 0.25) is 10.0 Å². The fourth-order valence-electron chi connectivity index (χ4n) is 2.73. The van der Waals surface area contributed by atoms with E-state index in [1.165, 1.54) is 18.2 Å². The van der Waals surface area contributed by atoms with Crippen LogP contribution in [0.25, 0.3) is 0 Å². The lowest BCUT2D eigenvalue weighted by molar-refractivity contribution is 0.192. The van der Waals surface area contributed by atoms with Crippen LogP contribution in [-0.4, -0.2) is 25.2 Å². The number of benzene rings is 2. The zero-order valence-electron chi connectivity index (χ0n) is 13.7. The van der Waals surface area contributed by atoms with Gasteiger partial charge in [-0.15, -0.1) is 0 Å². The highest BCUT2D eigenvalue weighted by atomic mass is 35.5. The minimum Gasteiger partial charge on any atom is -0.245 e. The van der Waals surface area contributed by atoms with Gasteiger partial charge in [0.1, 0.15) is 4.90 Å². The fraction of sp³-hybridized carbons (Fsp3) is 0.176. The number of sulfonamides is 1. The van der Waals surface area contributed by atoms with Crippen LogP contribution in [0.4, 0.5) is 4.79 Å². The summed E-state index contributed by atoms with van der Waals surface area (Å²) in [6.07, 6.45) is 0.518. The number of carbonyl (C=O) groups excluding carboxylic acids is 1. The van der Waals surface area contributed by atoms with Crippen LogP contribution in [0.1, 0.15) is 24.9 Å². The number of hydrogen-bond donors (Lipinski definition) is 1. The first kappa shape index (κ1) is 18.7. The monoisotopic (exact) mass is 411 g/mol. The van der Waals surface area contributed by atoms with Gasteiger partial charge in [-0.2, -0.15) is 5.10 Å². The summed E-state index contributed by atoms with van der Waals surface area (Å²) in [6, 6.07) is 12.3. The molecule has 0 bridgehead atoms. The summed E-state index contributed by atoms with van der Waals surface area (Å²) in [7, 11) is -4.26. The minimum atomic E-state index is -4.26. The second-order valence-corrected chi connectivity index (χ2v) is 8.21. The topological polar surface area (TPSA) is 78.8 Å². The van der Waals surface area contributed by atoms with E-state index in [4.69, 9.17) is 23.2 Å². The molecule has 3 rings (SSSR count). The number of hydrazone groups is 1. The van der Waals surface area contributed by atoms with E-state index >= 15 is 0 Å². The van der Waals surface area contributed by atoms with Crippen molar-refractivity contribution in [1.82, 2.24) is 9.73 Å². The van der Waals surface area contributed by atoms with Gasteiger partial charge in [-0.25, -0.2) is 22.9 Å². The zero-order chi connectivity index (χ0) is 18.9. The summed E-state index contributed by atoms with van der Waals surface area (Å²) in [4.78, 5) is 12.3. The number of nitrogens with one attached hydrogen (secondary N) is 1. The van der Waals surface area contributed by atoms with E-state index in [9.17, 15) is 13.2 Å². The second-order valence-electron chi connectivity index (χ2n) is 5.77. The van der Waals surface area contributed by atoms with Gasteiger partial charge in [0, 0.05) is 12.1 Å². The van der Waals surface area contributed by atoms with Crippen molar-refractivity contribution in [3.8, 4) is 0 Å². The summed E-state index contributed by atoms with van der Waals surface area (Å²) >= 11 is 11.9. The lowest BCUT2D eigenvalue weighted by Gasteiger charge is -2.22. The van der Waals surface area contributed by atoms with Gasteiger partial charge in [-0.3, -0.25) is 0 Å². The molecule has 26 heavy (non-hydrogen) atoms. The van der Waals surface area contributed by atoms with Crippen LogP contribution in [0, 0.1) is 0 Å². The molecule has 1 N–H and O–H groups in total. The number of urea groups is 1. The number of hydrogen-bond acceptors (Lipinski definition) is 4. The van der Waals surface area contributed by atoms with E-state index in [0.29, 0.717) is 6.42 Å². The normalized spacial score (nSPS) is 17.1. The summed E-state index contributed by atoms with van der Waals surface area (Å²) in [5, 5.41) is 5.17. The molecule has 9 heteroatoms. The largest absolute Gasteiger partial charge is 0.352 e. The molecule has 0 spiro atoms. The van der Waals surface area contributed by atoms with Gasteiger partial charge in [0.05, 0.1) is 16.1 Å². The molecule has 1 atom stereocenters. The van der Waals surface area contributed by atoms with Gasteiger partial charge in [0.15, 0.2) is 0 Å². The Morgan fingerprint density at radius 2 is 1.73 bits per heavy atom. The Hall–Kier alpha value is -2.09. The maximum absolute atomic E-state index is 12.6. The maximum atomic E-state index is 12.6. The van der Waals surface area contributed by atoms with Crippen LogP contribution in [0.3, 0.4) is 0 Å². The quantitative estimate of drug-likeness (QED) is 0.820. The molecule has 0 saturated heterocycles. The predicted molar refractivity (Wildman–Crippen MR) is 101 cm³/mol. The first-order valence-electron chi connectivity index (χ1n) is 7.68. The SMILES string of the molecule is CC1=NN(C(=O)NS(=O)(=O)c2c(Cl)cccc2Cl)C(c2ccccc2)C1. The summed E-state index contributed by atoms with van der Waals surface area (Å²) in [5.74, 6) is 0. The third-order valence-electron chi connectivity index (χ3n) is 3.86. The smallest absolute Gasteiger partial charge is 0.245 e. The Balaban J connectivity index is 1.89. The van der Waals surface area contributed by atoms with Crippen molar-refractivity contribution in [3.05, 3.63) is 64.1 Å². The number of amides is 2. The van der Waals surface area contributed by atoms with Gasteiger partial charge >= 0.3 is 6.03 Å². The van der Waals surface area contributed by atoms with Crippen molar-refractivity contribution >= 4 is 45.0 Å². The molecular weight excluding hydrogens is 397 g/mol. The Kier molecular flexibility index (Phi) is 5.22. The number of carbonyl (C=O) groups is 1. The Morgan fingerprint density at radius 3 is 2.35 bits per heavy atom. The molecule has 1 aliphatic rings. The van der Waals surface area contributed by atoms with Gasteiger partial charge in [0.2, 0.25) is 0 Å². The number of rotatable bonds is 3. The lowest BCUT2D eigenvalue weighted by Crippen LogP contribution is -2.40. The van der Waals surface area contributed by atoms with E-state index in [0.717, 1.165) is 16.3 Å². The number of nitrogens with zero attached hydrogens (tertiary/aromatic N) is 2. The summed E-state index contributed by atoms with van der Waals surface area (Å²) in [5.41, 5.74) is 1.58. The van der Waals surface area contributed by atoms with Crippen LogP contribution in [0.15, 0.2) is 58.5 Å². The van der Waals surface area contributed by atoms with Gasteiger partial charge in [0.25, 0.3) is 10.0 Å². The molecule has 1 heterocycles. The van der Waals surface area contributed by atoms with E-state index in [1.54, 1.807) is 6.92 Å². The van der Waals surface area contributed by atoms with Crippen molar-refractivity contribution < 1.29 is 13.2 Å². The maximum Gasteiger partial charge on any atom is 0.352 e. The van der Waals surface area contributed by atoms with Crippen molar-refractivity contribution in [1.29, 1.82) is 0 Å². The first-order chi connectivity index (χ1) is 12.3. The Bertz CT molecular complexity index is 958. The van der Waals surface area contributed by atoms with Crippen LogP contribution in [-0.2, 0) is 10.0 Å². The second kappa shape index (κ2) is 7.26. The summed E-state index contributed by atoms with van der Waals surface area (Å²) < 4.78 is 27.2. The van der Waals surface area contributed by atoms with Crippen molar-refractivity contribution in [2.45, 2.75) is 24.3 Å². The molecule has 1 aliphatic heterocycles. The summed E-state index contributed by atoms with van der Waals surface area (Å²) in [6.45, 7) is 1.78. The third-order valence-corrected chi connectivity index (χ3v) is 6.14. The van der Waals surface area contributed by atoms with E-state index in [2.05, 4.69) is 5.10 Å². The van der Waals surface area contributed by atoms with Crippen LogP contribution in [0.5, 0.6) is 0 Å². The molecule has 2 aromatic carbocycles. The van der Waals surface area contributed by atoms with E-state index in [1.807, 2.05) is 35.1 Å². The lowest BCUT2D eigenvalue weighted by atomic mass is 10.0. The molecule has 0 fully saturated rings. The molecular formula is C17H15Cl2N3O3S.